The van der Waals surface area contributed by atoms with Gasteiger partial charge < -0.3 is 10.2 Å². The summed E-state index contributed by atoms with van der Waals surface area (Å²) >= 11 is 1.12. The lowest BCUT2D eigenvalue weighted by molar-refractivity contribution is 0.490. The van der Waals surface area contributed by atoms with Gasteiger partial charge in [0.1, 0.15) is 0 Å². The third kappa shape index (κ3) is 2.52. The van der Waals surface area contributed by atoms with Crippen LogP contribution in [0.4, 0.5) is 0 Å². The molecule has 0 amide bonds. The molecule has 0 saturated heterocycles. The van der Waals surface area contributed by atoms with E-state index < -0.39 is 15.2 Å². The van der Waals surface area contributed by atoms with E-state index in [0.717, 1.165) is 21.7 Å². The molecule has 1 aliphatic heterocycles. The summed E-state index contributed by atoms with van der Waals surface area (Å²) in [5.41, 5.74) is 0. The molecule has 1 aromatic heterocycles. The van der Waals surface area contributed by atoms with Crippen LogP contribution in [0.15, 0.2) is 121 Å². The van der Waals surface area contributed by atoms with Gasteiger partial charge >= 0.3 is 0 Å². The zero-order valence-electron chi connectivity index (χ0n) is 17.8. The second-order valence-corrected chi connectivity index (χ2v) is 20.2. The summed E-state index contributed by atoms with van der Waals surface area (Å²) in [5.74, 6) is 0. The first-order valence-corrected chi connectivity index (χ1v) is 16.8. The number of aromatic hydroxyl groups is 2. The SMILES string of the molecule is Oc1sc(O)c2c1[Si](c1ccccc1)(c1ccccc1)[Si]2(c1ccccc1)c1ccccc1. The lowest BCUT2D eigenvalue weighted by Crippen LogP contribution is -3.04. The van der Waals surface area contributed by atoms with Crippen LogP contribution in [0.2, 0.25) is 0 Å². The highest BCUT2D eigenvalue weighted by molar-refractivity contribution is 7.74. The van der Waals surface area contributed by atoms with Crippen LogP contribution >= 0.6 is 11.3 Å². The highest BCUT2D eigenvalue weighted by Gasteiger charge is 2.73. The maximum atomic E-state index is 11.3. The molecule has 2 N–H and O–H groups in total. The predicted octanol–water partition coefficient (Wildman–Crippen LogP) is 2.19. The van der Waals surface area contributed by atoms with E-state index in [4.69, 9.17) is 0 Å². The minimum Gasteiger partial charge on any atom is -0.499 e. The maximum Gasteiger partial charge on any atom is 0.174 e. The van der Waals surface area contributed by atoms with Crippen molar-refractivity contribution in [2.45, 2.75) is 0 Å². The Labute approximate surface area is 198 Å². The van der Waals surface area contributed by atoms with Crippen molar-refractivity contribution in [3.63, 3.8) is 0 Å². The fourth-order valence-electron chi connectivity index (χ4n) is 5.95. The van der Waals surface area contributed by atoms with E-state index in [1.54, 1.807) is 0 Å². The van der Waals surface area contributed by atoms with Crippen molar-refractivity contribution in [1.29, 1.82) is 0 Å². The van der Waals surface area contributed by atoms with Crippen molar-refractivity contribution in [2.75, 3.05) is 0 Å². The van der Waals surface area contributed by atoms with Crippen LogP contribution in [-0.2, 0) is 0 Å². The fourth-order valence-corrected chi connectivity index (χ4v) is 28.3. The van der Waals surface area contributed by atoms with Gasteiger partial charge in [-0.25, -0.2) is 0 Å². The van der Waals surface area contributed by atoms with E-state index in [9.17, 15) is 10.2 Å². The number of thiophene rings is 1. The van der Waals surface area contributed by atoms with Gasteiger partial charge in [0, 0.05) is 10.4 Å². The monoisotopic (exact) mass is 478 g/mol. The fraction of sp³-hybridized carbons (Fsp3) is 0. The third-order valence-corrected chi connectivity index (χ3v) is 25.2. The lowest BCUT2D eigenvalue weighted by Gasteiger charge is -2.57. The number of hydrogen-bond donors (Lipinski definition) is 2. The highest BCUT2D eigenvalue weighted by Crippen LogP contribution is 2.40. The second kappa shape index (κ2) is 7.59. The zero-order valence-corrected chi connectivity index (χ0v) is 20.7. The normalized spacial score (nSPS) is 15.4. The summed E-state index contributed by atoms with van der Waals surface area (Å²) in [4.78, 5) is 0. The highest BCUT2D eigenvalue weighted by atomic mass is 32.1. The molecule has 2 nitrogen and oxygen atoms in total. The van der Waals surface area contributed by atoms with Crippen molar-refractivity contribution in [3.8, 4) is 10.1 Å². The van der Waals surface area contributed by atoms with E-state index >= 15 is 0 Å². The summed E-state index contributed by atoms with van der Waals surface area (Å²) in [7, 11) is -5.52. The van der Waals surface area contributed by atoms with Crippen molar-refractivity contribution in [2.24, 2.45) is 0 Å². The summed E-state index contributed by atoms with van der Waals surface area (Å²) < 4.78 is 0. The molecule has 0 saturated carbocycles. The Morgan fingerprint density at radius 2 is 0.636 bits per heavy atom. The van der Waals surface area contributed by atoms with Gasteiger partial charge in [0.15, 0.2) is 25.3 Å². The Morgan fingerprint density at radius 3 is 0.879 bits per heavy atom. The average Bonchev–Trinajstić information content (AvgIpc) is 3.13. The molecular formula is C28H22O2SSi2. The van der Waals surface area contributed by atoms with E-state index in [1.165, 1.54) is 20.7 Å². The molecule has 1 aliphatic rings. The van der Waals surface area contributed by atoms with Gasteiger partial charge in [-0.2, -0.15) is 0 Å². The van der Waals surface area contributed by atoms with Crippen molar-refractivity contribution in [3.05, 3.63) is 121 Å². The summed E-state index contributed by atoms with van der Waals surface area (Å²) in [6.07, 6.45) is 0. The van der Waals surface area contributed by atoms with Crippen LogP contribution in [0.3, 0.4) is 0 Å². The average molecular weight is 479 g/mol. The largest absolute Gasteiger partial charge is 0.499 e. The standard InChI is InChI=1S/C28H22O2SSi2/c29-27-25-26(28(30)31-27)33(23-17-9-3-10-18-23,24-19-11-4-12-20-24)32(25,21-13-5-1-6-14-21)22-15-7-2-8-16-22/h1-20,29-30H. The smallest absolute Gasteiger partial charge is 0.174 e. The topological polar surface area (TPSA) is 40.5 Å². The van der Waals surface area contributed by atoms with Crippen molar-refractivity contribution in [1.82, 2.24) is 0 Å². The number of hydrogen-bond acceptors (Lipinski definition) is 3. The zero-order chi connectivity index (χ0) is 22.5. The van der Waals surface area contributed by atoms with Gasteiger partial charge in [-0.15, -0.1) is 0 Å². The molecule has 4 aromatic carbocycles. The van der Waals surface area contributed by atoms with Gasteiger partial charge in [-0.05, 0) is 0 Å². The van der Waals surface area contributed by atoms with Crippen LogP contribution < -0.4 is 31.1 Å². The Bertz CT molecular complexity index is 1230. The lowest BCUT2D eigenvalue weighted by atomic mass is 10.4. The quantitative estimate of drug-likeness (QED) is 0.389. The minimum atomic E-state index is -2.76. The third-order valence-electron chi connectivity index (χ3n) is 7.01. The van der Waals surface area contributed by atoms with E-state index in [2.05, 4.69) is 121 Å². The second-order valence-electron chi connectivity index (χ2n) is 8.43. The van der Waals surface area contributed by atoms with E-state index in [1.807, 2.05) is 0 Å². The van der Waals surface area contributed by atoms with Gasteiger partial charge in [0.05, 0.1) is 0 Å². The Hall–Kier alpha value is -3.39. The van der Waals surface area contributed by atoms with E-state index in [-0.39, 0.29) is 10.1 Å². The first-order chi connectivity index (χ1) is 16.2. The molecule has 0 spiro atoms. The summed E-state index contributed by atoms with van der Waals surface area (Å²) in [5, 5.41) is 30.1. The van der Waals surface area contributed by atoms with Crippen LogP contribution in [0.25, 0.3) is 0 Å². The Kier molecular flexibility index (Phi) is 4.65. The van der Waals surface area contributed by atoms with Gasteiger partial charge in [0.2, 0.25) is 0 Å². The Balaban J connectivity index is 1.88. The molecule has 0 unspecified atom stereocenters. The van der Waals surface area contributed by atoms with Gasteiger partial charge in [-0.3, -0.25) is 0 Å². The molecule has 0 atom stereocenters. The molecule has 0 aliphatic carbocycles. The predicted molar refractivity (Wildman–Crippen MR) is 143 cm³/mol. The number of fused-ring (bicyclic) bond motifs is 1. The molecule has 5 heteroatoms. The van der Waals surface area contributed by atoms with Crippen LogP contribution in [0, 0.1) is 0 Å². The van der Waals surface area contributed by atoms with Crippen LogP contribution in [-0.4, -0.2) is 25.4 Å². The molecule has 0 fully saturated rings. The molecular weight excluding hydrogens is 457 g/mol. The minimum absolute atomic E-state index is 0.261. The summed E-state index contributed by atoms with van der Waals surface area (Å²) in [6.45, 7) is 0. The molecule has 2 heterocycles. The molecule has 0 bridgehead atoms. The van der Waals surface area contributed by atoms with E-state index in [0.29, 0.717) is 0 Å². The molecule has 0 radical (unpaired) electrons. The van der Waals surface area contributed by atoms with Gasteiger partial charge in [-0.1, -0.05) is 153 Å². The first-order valence-electron chi connectivity index (χ1n) is 11.0. The molecule has 5 aromatic rings. The molecule has 33 heavy (non-hydrogen) atoms. The van der Waals surface area contributed by atoms with Gasteiger partial charge in [0.25, 0.3) is 0 Å². The number of rotatable bonds is 4. The maximum absolute atomic E-state index is 11.3. The summed E-state index contributed by atoms with van der Waals surface area (Å²) in [6, 6.07) is 42.8. The first kappa shape index (κ1) is 20.2. The molecule has 160 valence electrons. The Morgan fingerprint density at radius 1 is 0.394 bits per heavy atom. The van der Waals surface area contributed by atoms with Crippen LogP contribution in [0.5, 0.6) is 10.1 Å². The number of benzene rings is 4. The molecule has 6 rings (SSSR count). The van der Waals surface area contributed by atoms with Crippen molar-refractivity contribution >= 4 is 57.6 Å². The van der Waals surface area contributed by atoms with Crippen LogP contribution in [0.1, 0.15) is 0 Å². The van der Waals surface area contributed by atoms with Crippen molar-refractivity contribution < 1.29 is 10.2 Å².